The maximum absolute atomic E-state index is 11.7. The highest BCUT2D eigenvalue weighted by atomic mass is 32.2. The van der Waals surface area contributed by atoms with E-state index in [2.05, 4.69) is 20.2 Å². The molecule has 0 atom stereocenters. The maximum Gasteiger partial charge on any atom is 0.270 e. The number of amides is 1. The molecule has 1 rings (SSSR count). The molecule has 1 heterocycles. The summed E-state index contributed by atoms with van der Waals surface area (Å²) < 4.78 is 25.5. The zero-order valence-electron chi connectivity index (χ0n) is 9.58. The lowest BCUT2D eigenvalue weighted by Crippen LogP contribution is -2.23. The number of carbonyl (C=O) groups excluding carboxylic acids is 1. The highest BCUT2D eigenvalue weighted by Gasteiger charge is 2.19. The number of nitrogens with one attached hydrogen (secondary N) is 2. The zero-order chi connectivity index (χ0) is 13.6. The molecule has 0 saturated carbocycles. The van der Waals surface area contributed by atoms with Crippen LogP contribution in [0, 0.1) is 0 Å². The number of anilines is 1. The van der Waals surface area contributed by atoms with Crippen molar-refractivity contribution in [1.82, 2.24) is 14.9 Å². The quantitative estimate of drug-likeness (QED) is 0.469. The average molecular weight is 291 g/mol. The van der Waals surface area contributed by atoms with Gasteiger partial charge in [-0.25, -0.2) is 13.1 Å². The van der Waals surface area contributed by atoms with Gasteiger partial charge in [0.1, 0.15) is 0 Å². The molecule has 0 bridgehead atoms. The lowest BCUT2D eigenvalue weighted by atomic mass is 10.5. The van der Waals surface area contributed by atoms with E-state index in [4.69, 9.17) is 5.73 Å². The first-order chi connectivity index (χ1) is 8.45. The van der Waals surface area contributed by atoms with Crippen molar-refractivity contribution in [3.8, 4) is 0 Å². The van der Waals surface area contributed by atoms with E-state index < -0.39 is 10.0 Å². The van der Waals surface area contributed by atoms with Crippen LogP contribution in [0.2, 0.25) is 0 Å². The number of nitrogens with zero attached hydrogens (tertiary/aromatic N) is 2. The Kier molecular flexibility index (Phi) is 5.34. The van der Waals surface area contributed by atoms with Gasteiger partial charge >= 0.3 is 0 Å². The topological polar surface area (TPSA) is 127 Å². The number of hydrogen-bond donors (Lipinski definition) is 3. The van der Waals surface area contributed by atoms with Gasteiger partial charge in [-0.3, -0.25) is 4.79 Å². The van der Waals surface area contributed by atoms with Gasteiger partial charge < -0.3 is 11.1 Å². The lowest BCUT2D eigenvalue weighted by molar-refractivity contribution is -0.114. The Labute approximate surface area is 108 Å². The number of nitrogens with two attached hydrogens (primary N) is 1. The van der Waals surface area contributed by atoms with E-state index in [9.17, 15) is 13.2 Å². The second-order valence-corrected chi connectivity index (χ2v) is 6.03. The van der Waals surface area contributed by atoms with E-state index in [0.29, 0.717) is 6.54 Å². The van der Waals surface area contributed by atoms with Gasteiger partial charge in [0, 0.05) is 20.0 Å². The molecule has 0 radical (unpaired) electrons. The van der Waals surface area contributed by atoms with Gasteiger partial charge in [0.2, 0.25) is 15.4 Å². The summed E-state index contributed by atoms with van der Waals surface area (Å²) >= 11 is 0.779. The third-order valence-corrected chi connectivity index (χ3v) is 4.24. The molecule has 4 N–H and O–H groups in total. The second kappa shape index (κ2) is 6.54. The van der Waals surface area contributed by atoms with Crippen LogP contribution >= 0.6 is 11.3 Å². The number of aromatic nitrogens is 2. The van der Waals surface area contributed by atoms with E-state index in [0.717, 1.165) is 11.3 Å². The summed E-state index contributed by atoms with van der Waals surface area (Å²) in [5, 5.41) is 9.54. The van der Waals surface area contributed by atoms with Gasteiger partial charge in [0.05, 0.1) is 0 Å². The summed E-state index contributed by atoms with van der Waals surface area (Å²) in [5.41, 5.74) is 5.21. The van der Waals surface area contributed by atoms with Crippen LogP contribution in [0.5, 0.6) is 0 Å². The Balaban J connectivity index is 2.70. The van der Waals surface area contributed by atoms with Crippen LogP contribution in [-0.2, 0) is 14.8 Å². The van der Waals surface area contributed by atoms with Crippen molar-refractivity contribution in [3.05, 3.63) is 12.2 Å². The third-order valence-electron chi connectivity index (χ3n) is 1.61. The van der Waals surface area contributed by atoms with Crippen LogP contribution in [0.3, 0.4) is 0 Å². The standard InChI is InChI=1S/C8H13N5O3S2/c1-6(14)11-7-12-13-8(17-7)18(15,16)10-5-3-2-4-9/h2-3,10H,4-5,9H2,1H3,(H,11,12,14)/b3-2+. The van der Waals surface area contributed by atoms with Gasteiger partial charge in [0.15, 0.2) is 0 Å². The summed E-state index contributed by atoms with van der Waals surface area (Å²) in [6, 6.07) is 0. The number of sulfonamides is 1. The number of carbonyl (C=O) groups is 1. The molecule has 0 saturated heterocycles. The van der Waals surface area contributed by atoms with E-state index in [1.807, 2.05) is 0 Å². The van der Waals surface area contributed by atoms with Gasteiger partial charge in [-0.1, -0.05) is 23.5 Å². The molecule has 1 amide bonds. The number of rotatable bonds is 6. The molecule has 18 heavy (non-hydrogen) atoms. The van der Waals surface area contributed by atoms with E-state index in [1.165, 1.54) is 6.92 Å². The molecule has 0 fully saturated rings. The normalized spacial score (nSPS) is 11.9. The molecular weight excluding hydrogens is 278 g/mol. The zero-order valence-corrected chi connectivity index (χ0v) is 11.2. The predicted molar refractivity (Wildman–Crippen MR) is 67.6 cm³/mol. The second-order valence-electron chi connectivity index (χ2n) is 3.11. The van der Waals surface area contributed by atoms with Gasteiger partial charge in [-0.05, 0) is 0 Å². The molecular formula is C8H13N5O3S2. The number of hydrogen-bond acceptors (Lipinski definition) is 7. The van der Waals surface area contributed by atoms with Crippen LogP contribution in [-0.4, -0.2) is 37.6 Å². The van der Waals surface area contributed by atoms with Crippen LogP contribution in [0.4, 0.5) is 5.13 Å². The summed E-state index contributed by atoms with van der Waals surface area (Å²) in [7, 11) is -3.70. The molecule has 10 heteroatoms. The van der Waals surface area contributed by atoms with Crippen molar-refractivity contribution in [2.75, 3.05) is 18.4 Å². The molecule has 8 nitrogen and oxygen atoms in total. The minimum Gasteiger partial charge on any atom is -0.327 e. The molecule has 0 aliphatic heterocycles. The molecule has 0 aliphatic carbocycles. The Hall–Kier alpha value is -1.36. The van der Waals surface area contributed by atoms with E-state index in [-0.39, 0.29) is 21.9 Å². The third kappa shape index (κ3) is 4.49. The highest BCUT2D eigenvalue weighted by Crippen LogP contribution is 2.19. The van der Waals surface area contributed by atoms with Gasteiger partial charge in [-0.2, -0.15) is 0 Å². The fourth-order valence-corrected chi connectivity index (χ4v) is 2.88. The van der Waals surface area contributed by atoms with Crippen LogP contribution in [0.1, 0.15) is 6.92 Å². The average Bonchev–Trinajstić information content (AvgIpc) is 2.73. The first-order valence-corrected chi connectivity index (χ1v) is 7.21. The van der Waals surface area contributed by atoms with Crippen LogP contribution in [0.15, 0.2) is 16.5 Å². The highest BCUT2D eigenvalue weighted by molar-refractivity contribution is 7.91. The summed E-state index contributed by atoms with van der Waals surface area (Å²) in [6.07, 6.45) is 3.22. The molecule has 1 aromatic heterocycles. The van der Waals surface area contributed by atoms with Crippen molar-refractivity contribution < 1.29 is 13.2 Å². The SMILES string of the molecule is CC(=O)Nc1nnc(S(=O)(=O)NC/C=C/CN)s1. The largest absolute Gasteiger partial charge is 0.327 e. The molecule has 100 valence electrons. The predicted octanol–water partition coefficient (Wildman–Crippen LogP) is -0.710. The van der Waals surface area contributed by atoms with Crippen molar-refractivity contribution >= 4 is 32.4 Å². The smallest absolute Gasteiger partial charge is 0.270 e. The monoisotopic (exact) mass is 291 g/mol. The van der Waals surface area contributed by atoms with Crippen LogP contribution in [0.25, 0.3) is 0 Å². The maximum atomic E-state index is 11.7. The van der Waals surface area contributed by atoms with E-state index in [1.54, 1.807) is 12.2 Å². The fraction of sp³-hybridized carbons (Fsp3) is 0.375. The van der Waals surface area contributed by atoms with Crippen molar-refractivity contribution in [1.29, 1.82) is 0 Å². The first-order valence-electron chi connectivity index (χ1n) is 4.91. The minimum atomic E-state index is -3.70. The summed E-state index contributed by atoms with van der Waals surface area (Å²) in [6.45, 7) is 1.76. The molecule has 1 aromatic rings. The Morgan fingerprint density at radius 2 is 2.17 bits per heavy atom. The summed E-state index contributed by atoms with van der Waals surface area (Å²) in [5.74, 6) is -0.339. The van der Waals surface area contributed by atoms with Gasteiger partial charge in [0.25, 0.3) is 10.0 Å². The van der Waals surface area contributed by atoms with Crippen molar-refractivity contribution in [3.63, 3.8) is 0 Å². The lowest BCUT2D eigenvalue weighted by Gasteiger charge is -1.98. The van der Waals surface area contributed by atoms with Crippen LogP contribution < -0.4 is 15.8 Å². The molecule has 0 spiro atoms. The van der Waals surface area contributed by atoms with E-state index >= 15 is 0 Å². The Bertz CT molecular complexity index is 537. The fourth-order valence-electron chi connectivity index (χ4n) is 0.919. The van der Waals surface area contributed by atoms with Crippen molar-refractivity contribution in [2.24, 2.45) is 5.73 Å². The first kappa shape index (κ1) is 14.7. The minimum absolute atomic E-state index is 0.120. The molecule has 0 unspecified atom stereocenters. The molecule has 0 aliphatic rings. The van der Waals surface area contributed by atoms with Crippen molar-refractivity contribution in [2.45, 2.75) is 11.3 Å². The van der Waals surface area contributed by atoms with Gasteiger partial charge in [-0.15, -0.1) is 10.2 Å². The Morgan fingerprint density at radius 1 is 1.44 bits per heavy atom. The molecule has 0 aromatic carbocycles. The Morgan fingerprint density at radius 3 is 2.78 bits per heavy atom. The summed E-state index contributed by atoms with van der Waals surface area (Å²) in [4.78, 5) is 10.8.